The fourth-order valence-electron chi connectivity index (χ4n) is 4.30. The van der Waals surface area contributed by atoms with Crippen molar-refractivity contribution in [1.29, 1.82) is 4.78 Å². The minimum atomic E-state index is -4.53. The maximum atomic E-state index is 13.0. The van der Waals surface area contributed by atoms with Crippen LogP contribution in [0.4, 0.5) is 46.8 Å². The molecule has 10 nitrogen and oxygen atoms in total. The van der Waals surface area contributed by atoms with Crippen LogP contribution in [0.3, 0.4) is 0 Å². The predicted octanol–water partition coefficient (Wildman–Crippen LogP) is 6.91. The van der Waals surface area contributed by atoms with Gasteiger partial charge in [-0.3, -0.25) is 0 Å². The molecule has 230 valence electrons. The number of anilines is 5. The second-order valence-electron chi connectivity index (χ2n) is 10.4. The van der Waals surface area contributed by atoms with Gasteiger partial charge in [-0.05, 0) is 79.9 Å². The Bertz CT molecular complexity index is 1750. The molecule has 4 aromatic rings. The summed E-state index contributed by atoms with van der Waals surface area (Å²) in [5.41, 5.74) is 1.49. The van der Waals surface area contributed by atoms with E-state index in [-0.39, 0.29) is 29.5 Å². The van der Waals surface area contributed by atoms with E-state index in [1.165, 1.54) is 12.1 Å². The molecule has 1 fully saturated rings. The lowest BCUT2D eigenvalue weighted by Gasteiger charge is -2.17. The molecule has 14 heteroatoms. The summed E-state index contributed by atoms with van der Waals surface area (Å²) in [5, 5.41) is 20.8. The summed E-state index contributed by atoms with van der Waals surface area (Å²) in [5.74, 6) is 0.707. The Morgan fingerprint density at radius 3 is 2.32 bits per heavy atom. The molecule has 1 aliphatic rings. The van der Waals surface area contributed by atoms with E-state index < -0.39 is 27.5 Å². The third-order valence-electron chi connectivity index (χ3n) is 6.80. The minimum Gasteiger partial charge on any atom is -0.394 e. The molecule has 44 heavy (non-hydrogen) atoms. The third kappa shape index (κ3) is 7.44. The van der Waals surface area contributed by atoms with Crippen LogP contribution >= 0.6 is 0 Å². The first-order valence-electron chi connectivity index (χ1n) is 13.7. The molecule has 3 aromatic carbocycles. The maximum absolute atomic E-state index is 13.0. The van der Waals surface area contributed by atoms with Crippen LogP contribution < -0.4 is 21.3 Å². The van der Waals surface area contributed by atoms with Crippen LogP contribution in [-0.2, 0) is 15.9 Å². The maximum Gasteiger partial charge on any atom is 0.416 e. The number of rotatable bonds is 10. The van der Waals surface area contributed by atoms with Crippen LogP contribution in [0.1, 0.15) is 25.3 Å². The summed E-state index contributed by atoms with van der Waals surface area (Å²) in [6.07, 6.45) is -1.31. The fraction of sp³-hybridized carbons (Fsp3) is 0.233. The van der Waals surface area contributed by atoms with Crippen molar-refractivity contribution < 1.29 is 27.3 Å². The van der Waals surface area contributed by atoms with Crippen LogP contribution in [0.15, 0.2) is 83.9 Å². The summed E-state index contributed by atoms with van der Waals surface area (Å²) in [4.78, 5) is 21.9. The molecule has 6 N–H and O–H groups in total. The van der Waals surface area contributed by atoms with E-state index in [9.17, 15) is 27.3 Å². The summed E-state index contributed by atoms with van der Waals surface area (Å²) < 4.78 is 59.8. The smallest absolute Gasteiger partial charge is 0.394 e. The van der Waals surface area contributed by atoms with Gasteiger partial charge in [-0.1, -0.05) is 18.2 Å². The van der Waals surface area contributed by atoms with Gasteiger partial charge in [0.1, 0.15) is 5.82 Å². The van der Waals surface area contributed by atoms with Crippen molar-refractivity contribution in [2.24, 2.45) is 0 Å². The zero-order valence-corrected chi connectivity index (χ0v) is 24.3. The van der Waals surface area contributed by atoms with E-state index in [1.54, 1.807) is 61.7 Å². The number of urea groups is 1. The Morgan fingerprint density at radius 1 is 1.02 bits per heavy atom. The van der Waals surface area contributed by atoms with Gasteiger partial charge in [0.2, 0.25) is 5.95 Å². The van der Waals surface area contributed by atoms with Crippen molar-refractivity contribution in [3.05, 3.63) is 84.6 Å². The number of amides is 2. The highest BCUT2D eigenvalue weighted by Crippen LogP contribution is 2.35. The molecule has 0 aliphatic heterocycles. The van der Waals surface area contributed by atoms with E-state index >= 15 is 0 Å². The summed E-state index contributed by atoms with van der Waals surface area (Å²) in [6, 6.07) is 16.8. The Kier molecular flexibility index (Phi) is 8.74. The number of nitrogens with zero attached hydrogens (tertiary/aromatic N) is 2. The van der Waals surface area contributed by atoms with Gasteiger partial charge in [0, 0.05) is 45.0 Å². The van der Waals surface area contributed by atoms with Gasteiger partial charge in [-0.25, -0.2) is 18.8 Å². The lowest BCUT2D eigenvalue weighted by atomic mass is 10.1. The van der Waals surface area contributed by atoms with Crippen molar-refractivity contribution in [1.82, 2.24) is 9.97 Å². The number of aliphatic hydroxyl groups excluding tert-OH is 1. The van der Waals surface area contributed by atoms with Crippen LogP contribution in [0.25, 0.3) is 11.1 Å². The molecular weight excluding hydrogens is 595 g/mol. The molecule has 0 bridgehead atoms. The number of carbonyl (C=O) groups is 1. The van der Waals surface area contributed by atoms with Crippen molar-refractivity contribution in [3.8, 4) is 11.1 Å². The summed E-state index contributed by atoms with van der Waals surface area (Å²) in [7, 11) is -2.80. The van der Waals surface area contributed by atoms with Gasteiger partial charge < -0.3 is 26.4 Å². The Hall–Kier alpha value is -4.69. The number of hydrogen-bond acceptors (Lipinski definition) is 8. The van der Waals surface area contributed by atoms with E-state index in [0.29, 0.717) is 33.2 Å². The number of aliphatic hydroxyl groups is 1. The molecule has 2 atom stereocenters. The first-order valence-corrected chi connectivity index (χ1v) is 15.3. The molecule has 0 radical (unpaired) electrons. The SMILES string of the molecule is CC(CO)Nc1nc(Nc2ccc(S(=N)(=O)C3CC3)cc2)ncc1-c1ccc(NC(=O)Nc2cccc(C(F)(F)F)c2)cc1. The molecule has 1 heterocycles. The zero-order valence-electron chi connectivity index (χ0n) is 23.5. The molecule has 0 spiro atoms. The van der Waals surface area contributed by atoms with Gasteiger partial charge in [-0.2, -0.15) is 18.2 Å². The number of aromatic nitrogens is 2. The lowest BCUT2D eigenvalue weighted by Crippen LogP contribution is -2.21. The van der Waals surface area contributed by atoms with Gasteiger partial charge >= 0.3 is 12.2 Å². The van der Waals surface area contributed by atoms with Crippen molar-refractivity contribution >= 4 is 44.6 Å². The molecule has 2 unspecified atom stereocenters. The van der Waals surface area contributed by atoms with Crippen molar-refractivity contribution in [3.63, 3.8) is 0 Å². The second kappa shape index (κ2) is 12.5. The summed E-state index contributed by atoms with van der Waals surface area (Å²) >= 11 is 0. The normalized spacial score (nSPS) is 15.1. The number of benzene rings is 3. The van der Waals surface area contributed by atoms with E-state index in [2.05, 4.69) is 31.2 Å². The molecular formula is C30H30F3N7O3S. The predicted molar refractivity (Wildman–Crippen MR) is 164 cm³/mol. The monoisotopic (exact) mass is 625 g/mol. The topological polar surface area (TPSA) is 152 Å². The highest BCUT2D eigenvalue weighted by atomic mass is 32.2. The van der Waals surface area contributed by atoms with Crippen molar-refractivity contribution in [2.75, 3.05) is 27.9 Å². The number of halogens is 3. The highest BCUT2D eigenvalue weighted by molar-refractivity contribution is 7.93. The van der Waals surface area contributed by atoms with Crippen LogP contribution in [-0.4, -0.2) is 43.2 Å². The van der Waals surface area contributed by atoms with Gasteiger partial charge in [0.05, 0.1) is 21.9 Å². The largest absolute Gasteiger partial charge is 0.416 e. The first-order chi connectivity index (χ1) is 20.9. The molecule has 1 aromatic heterocycles. The Labute approximate surface area is 252 Å². The average Bonchev–Trinajstić information content (AvgIpc) is 3.84. The van der Waals surface area contributed by atoms with Gasteiger partial charge in [-0.15, -0.1) is 0 Å². The fourth-order valence-corrected chi connectivity index (χ4v) is 6.03. The Balaban J connectivity index is 1.29. The Morgan fingerprint density at radius 2 is 1.68 bits per heavy atom. The number of hydrogen-bond donors (Lipinski definition) is 6. The van der Waals surface area contributed by atoms with Gasteiger partial charge in [0.15, 0.2) is 0 Å². The second-order valence-corrected chi connectivity index (χ2v) is 12.7. The standard InChI is InChI=1S/C30H30F3N7O3S/c1-18(17-41)36-27-26(16-35-28(40-27)37-21-9-11-24(12-10-21)44(34,43)25-13-14-25)19-5-7-22(8-6-19)38-29(42)39-23-4-2-3-20(15-23)30(31,32)33/h2-12,15-16,18,25,34,41H,13-14,17H2,1H3,(H2,38,39,42)(H2,35,36,37,40). The quantitative estimate of drug-likeness (QED) is 0.112. The minimum absolute atomic E-state index is 0.00118. The molecule has 5 rings (SSSR count). The molecule has 1 aliphatic carbocycles. The lowest BCUT2D eigenvalue weighted by molar-refractivity contribution is -0.137. The van der Waals surface area contributed by atoms with Crippen LogP contribution in [0.2, 0.25) is 0 Å². The third-order valence-corrected chi connectivity index (χ3v) is 9.18. The van der Waals surface area contributed by atoms with Crippen LogP contribution in [0, 0.1) is 4.78 Å². The number of alkyl halides is 3. The highest BCUT2D eigenvalue weighted by Gasteiger charge is 2.33. The van der Waals surface area contributed by atoms with Gasteiger partial charge in [0.25, 0.3) is 0 Å². The summed E-state index contributed by atoms with van der Waals surface area (Å²) in [6.45, 7) is 1.64. The average molecular weight is 626 g/mol. The van der Waals surface area contributed by atoms with Crippen molar-refractivity contribution in [2.45, 2.75) is 42.1 Å². The molecule has 2 amide bonds. The first kappa shape index (κ1) is 30.8. The number of nitrogens with one attached hydrogen (secondary N) is 5. The number of carbonyl (C=O) groups excluding carboxylic acids is 1. The van der Waals surface area contributed by atoms with E-state index in [1.807, 2.05) is 0 Å². The zero-order chi connectivity index (χ0) is 31.5. The van der Waals surface area contributed by atoms with E-state index in [0.717, 1.165) is 25.0 Å². The van der Waals surface area contributed by atoms with Crippen LogP contribution in [0.5, 0.6) is 0 Å². The molecule has 0 saturated heterocycles. The van der Waals surface area contributed by atoms with E-state index in [4.69, 9.17) is 4.78 Å². The molecule has 1 saturated carbocycles.